The van der Waals surface area contributed by atoms with Gasteiger partial charge in [0.25, 0.3) is 0 Å². The van der Waals surface area contributed by atoms with Crippen molar-refractivity contribution in [3.05, 3.63) is 22.9 Å². The van der Waals surface area contributed by atoms with E-state index in [1.807, 2.05) is 11.1 Å². The van der Waals surface area contributed by atoms with Gasteiger partial charge >= 0.3 is 0 Å². The first-order chi connectivity index (χ1) is 6.66. The average Bonchev–Trinajstić information content (AvgIpc) is 2.45. The van der Waals surface area contributed by atoms with Gasteiger partial charge in [-0.2, -0.15) is 5.10 Å². The highest BCUT2D eigenvalue weighted by atomic mass is 79.9. The van der Waals surface area contributed by atoms with Crippen LogP contribution in [0.1, 0.15) is 13.3 Å². The van der Waals surface area contributed by atoms with Crippen LogP contribution >= 0.6 is 15.9 Å². The third kappa shape index (κ3) is 1.72. The van der Waals surface area contributed by atoms with Crippen molar-refractivity contribution >= 4 is 27.5 Å². The summed E-state index contributed by atoms with van der Waals surface area (Å²) >= 11 is 3.38. The zero-order valence-electron chi connectivity index (χ0n) is 7.81. The fraction of sp³-hybridized carbons (Fsp3) is 0.333. The summed E-state index contributed by atoms with van der Waals surface area (Å²) in [5, 5.41) is 6.14. The van der Waals surface area contributed by atoms with E-state index in [4.69, 9.17) is 5.73 Å². The lowest BCUT2D eigenvalue weighted by atomic mass is 10.2. The second-order valence-electron chi connectivity index (χ2n) is 3.35. The summed E-state index contributed by atoms with van der Waals surface area (Å²) in [6.45, 7) is 2.09. The molecule has 14 heavy (non-hydrogen) atoms. The summed E-state index contributed by atoms with van der Waals surface area (Å²) in [5.41, 5.74) is 6.63. The van der Waals surface area contributed by atoms with Gasteiger partial charge < -0.3 is 5.73 Å². The second kappa shape index (κ2) is 3.57. The van der Waals surface area contributed by atoms with Crippen LogP contribution in [0.25, 0.3) is 0 Å². The fourth-order valence-corrected chi connectivity index (χ4v) is 1.86. The van der Waals surface area contributed by atoms with Crippen LogP contribution in [0, 0.1) is 0 Å². The molecule has 0 radical (unpaired) electrons. The van der Waals surface area contributed by atoms with Gasteiger partial charge in [0, 0.05) is 17.1 Å². The summed E-state index contributed by atoms with van der Waals surface area (Å²) in [5.74, 6) is 0.678. The van der Waals surface area contributed by atoms with E-state index in [2.05, 4.69) is 32.9 Å². The molecule has 0 aromatic carbocycles. The average molecular weight is 255 g/mol. The van der Waals surface area contributed by atoms with E-state index in [0.717, 1.165) is 16.6 Å². The lowest BCUT2D eigenvalue weighted by molar-refractivity contribution is 0.721. The smallest absolute Gasteiger partial charge is 0.122 e. The zero-order valence-corrected chi connectivity index (χ0v) is 9.40. The standard InChI is InChI=1S/C9H11BrN4/c1-6-2-9(11)13-14(6)8-3-7(10)4-12-5-8/h3-6H,2H2,1H3,(H2,11,13). The van der Waals surface area contributed by atoms with E-state index in [0.29, 0.717) is 11.9 Å². The number of amidine groups is 1. The number of rotatable bonds is 1. The Morgan fingerprint density at radius 3 is 2.93 bits per heavy atom. The topological polar surface area (TPSA) is 54.5 Å². The van der Waals surface area contributed by atoms with Gasteiger partial charge in [-0.3, -0.25) is 9.99 Å². The molecule has 0 amide bonds. The number of aromatic nitrogens is 1. The Morgan fingerprint density at radius 2 is 2.36 bits per heavy atom. The number of halogens is 1. The normalized spacial score (nSPS) is 21.1. The fourth-order valence-electron chi connectivity index (χ4n) is 1.51. The van der Waals surface area contributed by atoms with E-state index in [1.54, 1.807) is 12.4 Å². The minimum atomic E-state index is 0.311. The Balaban J connectivity index is 2.31. The number of hydrazone groups is 1. The number of pyridine rings is 1. The highest BCUT2D eigenvalue weighted by Gasteiger charge is 2.22. The number of hydrogen-bond acceptors (Lipinski definition) is 4. The van der Waals surface area contributed by atoms with E-state index >= 15 is 0 Å². The van der Waals surface area contributed by atoms with Gasteiger partial charge in [-0.05, 0) is 28.9 Å². The van der Waals surface area contributed by atoms with E-state index in [9.17, 15) is 0 Å². The molecule has 4 nitrogen and oxygen atoms in total. The molecule has 0 aliphatic carbocycles. The number of nitrogens with two attached hydrogens (primary N) is 1. The van der Waals surface area contributed by atoms with Crippen molar-refractivity contribution in [1.82, 2.24) is 4.98 Å². The zero-order chi connectivity index (χ0) is 10.1. The molecule has 0 bridgehead atoms. The third-order valence-electron chi connectivity index (χ3n) is 2.11. The maximum atomic E-state index is 5.67. The van der Waals surface area contributed by atoms with Crippen LogP contribution in [0.3, 0.4) is 0 Å². The quantitative estimate of drug-likeness (QED) is 0.831. The number of anilines is 1. The van der Waals surface area contributed by atoms with Crippen LogP contribution in [0.4, 0.5) is 5.69 Å². The van der Waals surface area contributed by atoms with E-state index in [1.165, 1.54) is 0 Å². The molecule has 1 unspecified atom stereocenters. The lowest BCUT2D eigenvalue weighted by Crippen LogP contribution is -2.22. The molecule has 0 saturated heterocycles. The number of hydrogen-bond donors (Lipinski definition) is 1. The van der Waals surface area contributed by atoms with Gasteiger partial charge in [0.05, 0.1) is 17.9 Å². The molecule has 1 aromatic heterocycles. The van der Waals surface area contributed by atoms with Crippen molar-refractivity contribution in [1.29, 1.82) is 0 Å². The Morgan fingerprint density at radius 1 is 1.57 bits per heavy atom. The Kier molecular flexibility index (Phi) is 2.41. The molecule has 1 aromatic rings. The summed E-state index contributed by atoms with van der Waals surface area (Å²) in [6, 6.07) is 2.29. The monoisotopic (exact) mass is 254 g/mol. The van der Waals surface area contributed by atoms with Gasteiger partial charge in [0.1, 0.15) is 5.84 Å². The molecule has 0 saturated carbocycles. The van der Waals surface area contributed by atoms with Crippen molar-refractivity contribution in [3.8, 4) is 0 Å². The lowest BCUT2D eigenvalue weighted by Gasteiger charge is -2.19. The summed E-state index contributed by atoms with van der Waals surface area (Å²) < 4.78 is 0.947. The first-order valence-corrected chi connectivity index (χ1v) is 5.19. The van der Waals surface area contributed by atoms with Crippen molar-refractivity contribution in [3.63, 3.8) is 0 Å². The van der Waals surface area contributed by atoms with Gasteiger partial charge in [0.15, 0.2) is 0 Å². The van der Waals surface area contributed by atoms with E-state index < -0.39 is 0 Å². The maximum Gasteiger partial charge on any atom is 0.122 e. The summed E-state index contributed by atoms with van der Waals surface area (Å²) in [7, 11) is 0. The molecule has 1 aliphatic rings. The van der Waals surface area contributed by atoms with E-state index in [-0.39, 0.29) is 0 Å². The summed E-state index contributed by atoms with van der Waals surface area (Å²) in [6.07, 6.45) is 4.34. The minimum Gasteiger partial charge on any atom is -0.386 e. The van der Waals surface area contributed by atoms with Crippen molar-refractivity contribution < 1.29 is 0 Å². The van der Waals surface area contributed by atoms with Crippen LogP contribution < -0.4 is 10.7 Å². The molecular weight excluding hydrogens is 244 g/mol. The Hall–Kier alpha value is -1.10. The Labute approximate surface area is 90.9 Å². The first kappa shape index (κ1) is 9.45. The largest absolute Gasteiger partial charge is 0.386 e. The van der Waals surface area contributed by atoms with Gasteiger partial charge in [-0.1, -0.05) is 0 Å². The molecule has 2 N–H and O–H groups in total. The molecule has 1 atom stereocenters. The van der Waals surface area contributed by atoms with Gasteiger partial charge in [-0.25, -0.2) is 0 Å². The van der Waals surface area contributed by atoms with Crippen molar-refractivity contribution in [2.75, 3.05) is 5.01 Å². The molecule has 0 spiro atoms. The van der Waals surface area contributed by atoms with Crippen LogP contribution in [0.5, 0.6) is 0 Å². The SMILES string of the molecule is CC1CC(N)=NN1c1cncc(Br)c1. The molecule has 5 heteroatoms. The van der Waals surface area contributed by atoms with Crippen LogP contribution in [0.15, 0.2) is 28.0 Å². The molecular formula is C9H11BrN4. The maximum absolute atomic E-state index is 5.67. The highest BCUT2D eigenvalue weighted by Crippen LogP contribution is 2.24. The molecule has 1 aliphatic heterocycles. The third-order valence-corrected chi connectivity index (χ3v) is 2.55. The van der Waals surface area contributed by atoms with Crippen LogP contribution in [-0.4, -0.2) is 16.9 Å². The molecule has 2 heterocycles. The van der Waals surface area contributed by atoms with Crippen LogP contribution in [-0.2, 0) is 0 Å². The predicted octanol–water partition coefficient (Wildman–Crippen LogP) is 1.71. The van der Waals surface area contributed by atoms with Crippen molar-refractivity contribution in [2.45, 2.75) is 19.4 Å². The summed E-state index contributed by atoms with van der Waals surface area (Å²) in [4.78, 5) is 4.09. The van der Waals surface area contributed by atoms with Crippen molar-refractivity contribution in [2.24, 2.45) is 10.8 Å². The predicted molar refractivity (Wildman–Crippen MR) is 60.1 cm³/mol. The van der Waals surface area contributed by atoms with Crippen LogP contribution in [0.2, 0.25) is 0 Å². The Bertz CT molecular complexity index is 377. The second-order valence-corrected chi connectivity index (χ2v) is 4.27. The van der Waals surface area contributed by atoms with Gasteiger partial charge in [0.2, 0.25) is 0 Å². The first-order valence-electron chi connectivity index (χ1n) is 4.39. The number of nitrogens with zero attached hydrogens (tertiary/aromatic N) is 3. The molecule has 74 valence electrons. The highest BCUT2D eigenvalue weighted by molar-refractivity contribution is 9.10. The van der Waals surface area contributed by atoms with Gasteiger partial charge in [-0.15, -0.1) is 0 Å². The molecule has 0 fully saturated rings. The molecule has 2 rings (SSSR count). The minimum absolute atomic E-state index is 0.311.